The Morgan fingerprint density at radius 1 is 0.960 bits per heavy atom. The predicted molar refractivity (Wildman–Crippen MR) is 93.8 cm³/mol. The second-order valence-electron chi connectivity index (χ2n) is 5.71. The van der Waals surface area contributed by atoms with Gasteiger partial charge in [0.1, 0.15) is 5.01 Å². The number of alkyl halides is 3. The first-order valence-corrected chi connectivity index (χ1v) is 9.28. The van der Waals surface area contributed by atoms with Crippen molar-refractivity contribution < 1.29 is 18.3 Å². The monoisotopic (exact) mass is 384 g/mol. The molecule has 0 aliphatic carbocycles. The molecule has 0 fully saturated rings. The third-order valence-electron chi connectivity index (χ3n) is 3.86. The number of halogens is 3. The zero-order valence-electron chi connectivity index (χ0n) is 13.4. The first kappa shape index (κ1) is 18.0. The number of hydrogen-bond donors (Lipinski definition) is 1. The molecule has 0 saturated carbocycles. The van der Waals surface area contributed by atoms with Gasteiger partial charge >= 0.3 is 6.18 Å². The Balaban J connectivity index is 1.82. The van der Waals surface area contributed by atoms with Gasteiger partial charge in [0.05, 0.1) is 16.8 Å². The van der Waals surface area contributed by atoms with Gasteiger partial charge in [-0.2, -0.15) is 13.2 Å². The lowest BCUT2D eigenvalue weighted by Gasteiger charge is -2.10. The molecule has 3 nitrogen and oxygen atoms in total. The van der Waals surface area contributed by atoms with Crippen LogP contribution in [0.3, 0.4) is 0 Å². The second kappa shape index (κ2) is 6.86. The van der Waals surface area contributed by atoms with Crippen LogP contribution in [-0.2, 0) is 6.18 Å². The summed E-state index contributed by atoms with van der Waals surface area (Å²) in [5, 5.41) is 13.8. The Bertz CT molecular complexity index is 853. The highest BCUT2D eigenvalue weighted by Crippen LogP contribution is 2.34. The maximum atomic E-state index is 12.6. The van der Waals surface area contributed by atoms with Crippen molar-refractivity contribution in [3.8, 4) is 21.8 Å². The van der Waals surface area contributed by atoms with E-state index in [1.54, 1.807) is 19.1 Å². The average molecular weight is 384 g/mol. The minimum atomic E-state index is -4.42. The summed E-state index contributed by atoms with van der Waals surface area (Å²) in [7, 11) is 0. The smallest absolute Gasteiger partial charge is 0.393 e. The van der Waals surface area contributed by atoms with E-state index >= 15 is 0 Å². The highest BCUT2D eigenvalue weighted by Gasteiger charge is 2.33. The van der Waals surface area contributed by atoms with Crippen LogP contribution in [0, 0.1) is 0 Å². The van der Waals surface area contributed by atoms with Crippen molar-refractivity contribution >= 4 is 22.7 Å². The summed E-state index contributed by atoms with van der Waals surface area (Å²) in [4.78, 5) is 8.19. The van der Waals surface area contributed by atoms with Gasteiger partial charge in [-0.05, 0) is 6.92 Å². The zero-order chi connectivity index (χ0) is 18.2. The van der Waals surface area contributed by atoms with Crippen molar-refractivity contribution in [3.05, 3.63) is 45.7 Å². The van der Waals surface area contributed by atoms with Gasteiger partial charge in [0.15, 0.2) is 5.69 Å². The van der Waals surface area contributed by atoms with Crippen molar-refractivity contribution in [3.63, 3.8) is 0 Å². The van der Waals surface area contributed by atoms with E-state index in [-0.39, 0.29) is 5.92 Å². The van der Waals surface area contributed by atoms with Gasteiger partial charge in [-0.1, -0.05) is 31.2 Å². The molecule has 2 aromatic heterocycles. The third-order valence-corrected chi connectivity index (χ3v) is 5.79. The largest absolute Gasteiger partial charge is 0.434 e. The lowest BCUT2D eigenvalue weighted by Crippen LogP contribution is -2.10. The first-order valence-electron chi connectivity index (χ1n) is 7.52. The second-order valence-corrected chi connectivity index (χ2v) is 7.46. The fraction of sp³-hybridized carbons (Fsp3) is 0.294. The van der Waals surface area contributed by atoms with Crippen molar-refractivity contribution in [2.45, 2.75) is 32.0 Å². The molecule has 0 aliphatic rings. The van der Waals surface area contributed by atoms with Crippen molar-refractivity contribution in [1.29, 1.82) is 0 Å². The Labute approximate surface area is 150 Å². The van der Waals surface area contributed by atoms with Crippen LogP contribution >= 0.6 is 22.7 Å². The van der Waals surface area contributed by atoms with E-state index in [0.717, 1.165) is 33.0 Å². The fourth-order valence-electron chi connectivity index (χ4n) is 2.16. The van der Waals surface area contributed by atoms with Crippen LogP contribution in [-0.4, -0.2) is 21.2 Å². The topological polar surface area (TPSA) is 46.0 Å². The molecule has 2 atom stereocenters. The maximum Gasteiger partial charge on any atom is 0.434 e. The quantitative estimate of drug-likeness (QED) is 0.652. The molecule has 2 unspecified atom stereocenters. The molecule has 0 aliphatic heterocycles. The number of rotatable bonds is 4. The molecule has 3 aromatic rings. The molecule has 0 saturated heterocycles. The highest BCUT2D eigenvalue weighted by atomic mass is 32.1. The summed E-state index contributed by atoms with van der Waals surface area (Å²) < 4.78 is 37.9. The summed E-state index contributed by atoms with van der Waals surface area (Å²) in [5.74, 6) is -0.0471. The summed E-state index contributed by atoms with van der Waals surface area (Å²) in [5.41, 5.74) is 1.43. The molecule has 25 heavy (non-hydrogen) atoms. The van der Waals surface area contributed by atoms with Crippen molar-refractivity contribution in [2.75, 3.05) is 0 Å². The molecule has 0 spiro atoms. The SMILES string of the molecule is CC(O)C(C)c1nc(-c2ccc(-c3nc(C(F)(F)F)cs3)cc2)cs1. The standard InChI is InChI=1S/C17H15F3N2OS2/c1-9(10(2)23)15-21-13(7-24-15)11-3-5-12(6-4-11)16-22-14(8-25-16)17(18,19)20/h3-10,23H,1-2H3. The van der Waals surface area contributed by atoms with Gasteiger partial charge in [-0.15, -0.1) is 22.7 Å². The van der Waals surface area contributed by atoms with Gasteiger partial charge in [0.25, 0.3) is 0 Å². The van der Waals surface area contributed by atoms with Crippen LogP contribution in [0.15, 0.2) is 35.0 Å². The summed E-state index contributed by atoms with van der Waals surface area (Å²) in [6, 6.07) is 7.11. The van der Waals surface area contributed by atoms with Gasteiger partial charge in [-0.3, -0.25) is 0 Å². The van der Waals surface area contributed by atoms with Gasteiger partial charge in [-0.25, -0.2) is 9.97 Å². The van der Waals surface area contributed by atoms with Crippen molar-refractivity contribution in [2.24, 2.45) is 0 Å². The van der Waals surface area contributed by atoms with Crippen LogP contribution in [0.1, 0.15) is 30.5 Å². The lowest BCUT2D eigenvalue weighted by atomic mass is 10.1. The summed E-state index contributed by atoms with van der Waals surface area (Å²) in [6.45, 7) is 3.64. The van der Waals surface area contributed by atoms with E-state index in [4.69, 9.17) is 0 Å². The van der Waals surface area contributed by atoms with E-state index in [1.165, 1.54) is 11.3 Å². The summed E-state index contributed by atoms with van der Waals surface area (Å²) in [6.07, 6.45) is -4.90. The molecular weight excluding hydrogens is 369 g/mol. The molecule has 3 rings (SSSR count). The fourth-order valence-corrected chi connectivity index (χ4v) is 3.97. The Kier molecular flexibility index (Phi) is 4.95. The molecular formula is C17H15F3N2OS2. The van der Waals surface area contributed by atoms with Crippen LogP contribution in [0.2, 0.25) is 0 Å². The molecule has 1 aromatic carbocycles. The molecule has 0 radical (unpaired) electrons. The molecule has 1 N–H and O–H groups in total. The predicted octanol–water partition coefficient (Wildman–Crippen LogP) is 5.44. The van der Waals surface area contributed by atoms with Crippen molar-refractivity contribution in [1.82, 2.24) is 9.97 Å². The van der Waals surface area contributed by atoms with E-state index in [2.05, 4.69) is 9.97 Å². The Hall–Kier alpha value is -1.77. The van der Waals surface area contributed by atoms with Gasteiger partial charge < -0.3 is 5.11 Å². The van der Waals surface area contributed by atoms with E-state index in [9.17, 15) is 18.3 Å². The molecule has 8 heteroatoms. The number of aromatic nitrogens is 2. The lowest BCUT2D eigenvalue weighted by molar-refractivity contribution is -0.140. The van der Waals surface area contributed by atoms with Crippen LogP contribution in [0.25, 0.3) is 21.8 Å². The molecule has 0 bridgehead atoms. The number of hydrogen-bond acceptors (Lipinski definition) is 5. The van der Waals surface area contributed by atoms with Gasteiger partial charge in [0.2, 0.25) is 0 Å². The van der Waals surface area contributed by atoms with Crippen LogP contribution in [0.5, 0.6) is 0 Å². The normalized spacial score (nSPS) is 14.5. The minimum Gasteiger partial charge on any atom is -0.393 e. The Morgan fingerprint density at radius 2 is 1.60 bits per heavy atom. The van der Waals surface area contributed by atoms with E-state index < -0.39 is 18.0 Å². The van der Waals surface area contributed by atoms with Crippen LogP contribution in [0.4, 0.5) is 13.2 Å². The van der Waals surface area contributed by atoms with E-state index in [1.807, 2.05) is 24.4 Å². The number of nitrogens with zero attached hydrogens (tertiary/aromatic N) is 2. The van der Waals surface area contributed by atoms with E-state index in [0.29, 0.717) is 10.6 Å². The van der Waals surface area contributed by atoms with Gasteiger partial charge in [0, 0.05) is 27.8 Å². The number of thiazole rings is 2. The number of aliphatic hydroxyl groups is 1. The Morgan fingerprint density at radius 3 is 2.16 bits per heavy atom. The highest BCUT2D eigenvalue weighted by molar-refractivity contribution is 7.13. The number of benzene rings is 1. The number of aliphatic hydroxyl groups excluding tert-OH is 1. The average Bonchev–Trinajstić information content (AvgIpc) is 3.23. The zero-order valence-corrected chi connectivity index (χ0v) is 15.0. The molecule has 0 amide bonds. The molecule has 132 valence electrons. The maximum absolute atomic E-state index is 12.6. The summed E-state index contributed by atoms with van der Waals surface area (Å²) >= 11 is 2.45. The van der Waals surface area contributed by atoms with Crippen LogP contribution < -0.4 is 0 Å². The molecule has 2 heterocycles. The minimum absolute atomic E-state index is 0.0471. The third kappa shape index (κ3) is 3.91. The first-order chi connectivity index (χ1) is 11.8.